The van der Waals surface area contributed by atoms with E-state index in [1.54, 1.807) is 6.20 Å². The van der Waals surface area contributed by atoms with Crippen molar-refractivity contribution in [2.75, 3.05) is 13.1 Å². The largest absolute Gasteiger partial charge is 0.459 e. The first-order chi connectivity index (χ1) is 9.33. The van der Waals surface area contributed by atoms with Gasteiger partial charge in [0.05, 0.1) is 11.1 Å². The van der Waals surface area contributed by atoms with Crippen molar-refractivity contribution in [3.8, 4) is 0 Å². The highest BCUT2D eigenvalue weighted by molar-refractivity contribution is 5.93. The summed E-state index contributed by atoms with van der Waals surface area (Å²) in [5, 5.41) is 4.21. The molecule has 0 radical (unpaired) electrons. The fourth-order valence-corrected chi connectivity index (χ4v) is 2.32. The molecule has 1 fully saturated rings. The van der Waals surface area contributed by atoms with Crippen LogP contribution in [0.5, 0.6) is 0 Å². The van der Waals surface area contributed by atoms with Crippen LogP contribution in [0.25, 0.3) is 10.9 Å². The average Bonchev–Trinajstić information content (AvgIpc) is 2.48. The summed E-state index contributed by atoms with van der Waals surface area (Å²) in [6.45, 7) is 1.82. The third kappa shape index (κ3) is 2.74. The molecule has 1 aliphatic rings. The van der Waals surface area contributed by atoms with Gasteiger partial charge in [0.15, 0.2) is 0 Å². The summed E-state index contributed by atoms with van der Waals surface area (Å²) >= 11 is 0. The van der Waals surface area contributed by atoms with Crippen molar-refractivity contribution in [2.45, 2.75) is 18.9 Å². The molecule has 3 rings (SSSR count). The maximum atomic E-state index is 12.1. The number of nitrogens with one attached hydrogen (secondary N) is 1. The van der Waals surface area contributed by atoms with Crippen molar-refractivity contribution in [2.24, 2.45) is 0 Å². The van der Waals surface area contributed by atoms with Gasteiger partial charge in [0.1, 0.15) is 6.10 Å². The summed E-state index contributed by atoms with van der Waals surface area (Å²) in [5.41, 5.74) is 1.41. The minimum atomic E-state index is -0.273. The number of esters is 1. The number of hydrogen-bond acceptors (Lipinski definition) is 4. The Kier molecular flexibility index (Phi) is 3.42. The molecule has 0 aliphatic carbocycles. The van der Waals surface area contributed by atoms with Crippen molar-refractivity contribution >= 4 is 16.9 Å². The lowest BCUT2D eigenvalue weighted by Gasteiger charge is -2.22. The van der Waals surface area contributed by atoms with Gasteiger partial charge < -0.3 is 10.1 Å². The monoisotopic (exact) mass is 256 g/mol. The average molecular weight is 256 g/mol. The molecule has 98 valence electrons. The number of nitrogens with zero attached hydrogens (tertiary/aromatic N) is 1. The predicted molar refractivity (Wildman–Crippen MR) is 73.1 cm³/mol. The second-order valence-electron chi connectivity index (χ2n) is 4.77. The summed E-state index contributed by atoms with van der Waals surface area (Å²) in [7, 11) is 0. The second kappa shape index (κ2) is 5.36. The van der Waals surface area contributed by atoms with Gasteiger partial charge in [-0.2, -0.15) is 0 Å². The molecule has 0 bridgehead atoms. The molecule has 2 aromatic rings. The molecule has 0 atom stereocenters. The maximum absolute atomic E-state index is 12.1. The summed E-state index contributed by atoms with van der Waals surface area (Å²) in [6.07, 6.45) is 3.38. The molecule has 2 heterocycles. The normalized spacial score (nSPS) is 16.4. The number of para-hydroxylation sites is 1. The van der Waals surface area contributed by atoms with E-state index in [-0.39, 0.29) is 12.1 Å². The topological polar surface area (TPSA) is 51.2 Å². The number of pyridine rings is 1. The first-order valence-corrected chi connectivity index (χ1v) is 6.59. The molecule has 1 aromatic heterocycles. The Morgan fingerprint density at radius 1 is 1.26 bits per heavy atom. The van der Waals surface area contributed by atoms with E-state index in [0.717, 1.165) is 36.8 Å². The standard InChI is InChI=1S/C15H16N2O2/c18-15(19-13-5-7-16-8-6-13)12-9-11-3-1-2-4-14(11)17-10-12/h1-4,9-10,13,16H,5-8H2. The van der Waals surface area contributed by atoms with E-state index in [2.05, 4.69) is 10.3 Å². The van der Waals surface area contributed by atoms with Gasteiger partial charge in [0.2, 0.25) is 0 Å². The minimum Gasteiger partial charge on any atom is -0.459 e. The van der Waals surface area contributed by atoms with Gasteiger partial charge in [-0.25, -0.2) is 4.79 Å². The molecular formula is C15H16N2O2. The number of carbonyl (C=O) groups is 1. The van der Waals surface area contributed by atoms with Crippen LogP contribution in [-0.2, 0) is 4.74 Å². The maximum Gasteiger partial charge on any atom is 0.339 e. The third-order valence-electron chi connectivity index (χ3n) is 3.39. The molecule has 0 spiro atoms. The first-order valence-electron chi connectivity index (χ1n) is 6.59. The Balaban J connectivity index is 1.77. The Morgan fingerprint density at radius 2 is 2.05 bits per heavy atom. The van der Waals surface area contributed by atoms with Gasteiger partial charge in [-0.3, -0.25) is 4.98 Å². The van der Waals surface area contributed by atoms with Crippen LogP contribution in [0.15, 0.2) is 36.5 Å². The minimum absolute atomic E-state index is 0.0280. The SMILES string of the molecule is O=C(OC1CCNCC1)c1cnc2ccccc2c1. The van der Waals surface area contributed by atoms with Gasteiger partial charge in [0, 0.05) is 11.6 Å². The van der Waals surface area contributed by atoms with Crippen molar-refractivity contribution in [3.05, 3.63) is 42.1 Å². The highest BCUT2D eigenvalue weighted by Gasteiger charge is 2.18. The highest BCUT2D eigenvalue weighted by atomic mass is 16.5. The number of ether oxygens (including phenoxy) is 1. The fraction of sp³-hybridized carbons (Fsp3) is 0.333. The predicted octanol–water partition coefficient (Wildman–Crippen LogP) is 2.14. The summed E-state index contributed by atoms with van der Waals surface area (Å²) < 4.78 is 5.51. The molecule has 1 aliphatic heterocycles. The number of benzene rings is 1. The molecule has 4 heteroatoms. The van der Waals surface area contributed by atoms with E-state index in [9.17, 15) is 4.79 Å². The van der Waals surface area contributed by atoms with Gasteiger partial charge >= 0.3 is 5.97 Å². The van der Waals surface area contributed by atoms with Crippen molar-refractivity contribution in [1.29, 1.82) is 0 Å². The Bertz CT molecular complexity index is 591. The number of hydrogen-bond donors (Lipinski definition) is 1. The van der Waals surface area contributed by atoms with Crippen LogP contribution >= 0.6 is 0 Å². The summed E-state index contributed by atoms with van der Waals surface area (Å²) in [4.78, 5) is 16.4. The van der Waals surface area contributed by atoms with Crippen LogP contribution < -0.4 is 5.32 Å². The number of aromatic nitrogens is 1. The molecule has 0 saturated carbocycles. The van der Waals surface area contributed by atoms with E-state index in [0.29, 0.717) is 5.56 Å². The summed E-state index contributed by atoms with van der Waals surface area (Å²) in [6, 6.07) is 9.58. The number of carbonyl (C=O) groups excluding carboxylic acids is 1. The number of fused-ring (bicyclic) bond motifs is 1. The zero-order chi connectivity index (χ0) is 13.1. The van der Waals surface area contributed by atoms with E-state index in [1.165, 1.54) is 0 Å². The molecule has 1 saturated heterocycles. The Labute approximate surface area is 111 Å². The van der Waals surface area contributed by atoms with Crippen LogP contribution in [-0.4, -0.2) is 30.1 Å². The van der Waals surface area contributed by atoms with Crippen molar-refractivity contribution in [1.82, 2.24) is 10.3 Å². The lowest BCUT2D eigenvalue weighted by atomic mass is 10.1. The van der Waals surface area contributed by atoms with Gasteiger partial charge in [-0.05, 0) is 38.1 Å². The van der Waals surface area contributed by atoms with Crippen molar-refractivity contribution < 1.29 is 9.53 Å². The lowest BCUT2D eigenvalue weighted by molar-refractivity contribution is 0.0229. The highest BCUT2D eigenvalue weighted by Crippen LogP contribution is 2.15. The third-order valence-corrected chi connectivity index (χ3v) is 3.39. The summed E-state index contributed by atoms with van der Waals surface area (Å²) in [5.74, 6) is -0.273. The fourth-order valence-electron chi connectivity index (χ4n) is 2.32. The zero-order valence-electron chi connectivity index (χ0n) is 10.6. The molecule has 19 heavy (non-hydrogen) atoms. The lowest BCUT2D eigenvalue weighted by Crippen LogP contribution is -2.33. The quantitative estimate of drug-likeness (QED) is 0.836. The molecular weight excluding hydrogens is 240 g/mol. The van der Waals surface area contributed by atoms with E-state index in [4.69, 9.17) is 4.74 Å². The molecule has 0 amide bonds. The molecule has 1 aromatic carbocycles. The molecule has 1 N–H and O–H groups in total. The van der Waals surface area contributed by atoms with Gasteiger partial charge in [-0.1, -0.05) is 18.2 Å². The van der Waals surface area contributed by atoms with E-state index < -0.39 is 0 Å². The van der Waals surface area contributed by atoms with Crippen LogP contribution in [0, 0.1) is 0 Å². The Morgan fingerprint density at radius 3 is 2.89 bits per heavy atom. The zero-order valence-corrected chi connectivity index (χ0v) is 10.6. The van der Waals surface area contributed by atoms with Crippen LogP contribution in [0.2, 0.25) is 0 Å². The van der Waals surface area contributed by atoms with Crippen LogP contribution in [0.4, 0.5) is 0 Å². The van der Waals surface area contributed by atoms with Gasteiger partial charge in [-0.15, -0.1) is 0 Å². The smallest absolute Gasteiger partial charge is 0.339 e. The van der Waals surface area contributed by atoms with Crippen molar-refractivity contribution in [3.63, 3.8) is 0 Å². The van der Waals surface area contributed by atoms with Gasteiger partial charge in [0.25, 0.3) is 0 Å². The second-order valence-corrected chi connectivity index (χ2v) is 4.77. The molecule has 4 nitrogen and oxygen atoms in total. The molecule has 0 unspecified atom stereocenters. The van der Waals surface area contributed by atoms with Crippen LogP contribution in [0.3, 0.4) is 0 Å². The van der Waals surface area contributed by atoms with Crippen LogP contribution in [0.1, 0.15) is 23.2 Å². The van der Waals surface area contributed by atoms with E-state index >= 15 is 0 Å². The Hall–Kier alpha value is -1.94. The first kappa shape index (κ1) is 12.1. The number of piperidine rings is 1. The van der Waals surface area contributed by atoms with E-state index in [1.807, 2.05) is 30.3 Å². The number of rotatable bonds is 2.